The van der Waals surface area contributed by atoms with E-state index in [0.717, 1.165) is 29.8 Å². The van der Waals surface area contributed by atoms with Crippen LogP contribution in [-0.4, -0.2) is 14.5 Å². The van der Waals surface area contributed by atoms with Crippen molar-refractivity contribution in [2.75, 3.05) is 0 Å². The van der Waals surface area contributed by atoms with Crippen molar-refractivity contribution in [3.8, 4) is 0 Å². The summed E-state index contributed by atoms with van der Waals surface area (Å²) in [5.41, 5.74) is 1.86. The maximum Gasteiger partial charge on any atom is 0.160 e. The van der Waals surface area contributed by atoms with E-state index >= 15 is 0 Å². The topological polar surface area (TPSA) is 30.7 Å². The molecule has 0 fully saturated rings. The molecule has 0 radical (unpaired) electrons. The first-order valence-electron chi connectivity index (χ1n) is 5.99. The lowest BCUT2D eigenvalue weighted by Crippen LogP contribution is -2.27. The van der Waals surface area contributed by atoms with Gasteiger partial charge in [0.1, 0.15) is 11.3 Å². The first-order chi connectivity index (χ1) is 8.10. The number of pyridine rings is 1. The number of halogens is 1. The number of hydrogen-bond acceptors (Lipinski definition) is 2. The molecule has 0 N–H and O–H groups in total. The summed E-state index contributed by atoms with van der Waals surface area (Å²) in [7, 11) is 0. The van der Waals surface area contributed by atoms with Crippen LogP contribution in [0.1, 0.15) is 39.4 Å². The largest absolute Gasteiger partial charge is 0.306 e. The summed E-state index contributed by atoms with van der Waals surface area (Å²) in [6.45, 7) is 6.61. The van der Waals surface area contributed by atoms with Gasteiger partial charge in [-0.1, -0.05) is 13.3 Å². The van der Waals surface area contributed by atoms with Crippen molar-refractivity contribution < 1.29 is 0 Å². The third kappa shape index (κ3) is 2.16. The number of hydrogen-bond donors (Lipinski definition) is 0. The normalized spacial score (nSPS) is 12.2. The van der Waals surface area contributed by atoms with Gasteiger partial charge >= 0.3 is 0 Å². The van der Waals surface area contributed by atoms with Gasteiger partial charge in [0.25, 0.3) is 0 Å². The second kappa shape index (κ2) is 4.65. The molecule has 0 aliphatic carbocycles. The van der Waals surface area contributed by atoms with Gasteiger partial charge in [-0.05, 0) is 32.4 Å². The van der Waals surface area contributed by atoms with Crippen molar-refractivity contribution in [2.45, 2.75) is 45.0 Å². The maximum absolute atomic E-state index is 6.00. The zero-order valence-electron chi connectivity index (χ0n) is 10.6. The van der Waals surface area contributed by atoms with Crippen molar-refractivity contribution in [1.82, 2.24) is 14.5 Å². The van der Waals surface area contributed by atoms with E-state index in [0.29, 0.717) is 5.88 Å². The fourth-order valence-corrected chi connectivity index (χ4v) is 2.59. The van der Waals surface area contributed by atoms with Crippen LogP contribution < -0.4 is 0 Å². The van der Waals surface area contributed by atoms with E-state index in [1.54, 1.807) is 6.20 Å². The Morgan fingerprint density at radius 2 is 2.18 bits per heavy atom. The van der Waals surface area contributed by atoms with Gasteiger partial charge in [-0.2, -0.15) is 0 Å². The zero-order valence-corrected chi connectivity index (χ0v) is 11.3. The molecule has 2 aromatic heterocycles. The van der Waals surface area contributed by atoms with Crippen LogP contribution >= 0.6 is 11.6 Å². The first-order valence-corrected chi connectivity index (χ1v) is 6.52. The third-order valence-corrected chi connectivity index (χ3v) is 3.31. The standard InChI is InChI=1S/C13H18ClN3/c1-4-7-13(2,3)17-11(9-14)16-10-6-5-8-15-12(10)17/h5-6,8H,4,7,9H2,1-3H3. The van der Waals surface area contributed by atoms with Crippen LogP contribution in [0.4, 0.5) is 0 Å². The Hall–Kier alpha value is -1.09. The van der Waals surface area contributed by atoms with Gasteiger partial charge in [0.2, 0.25) is 0 Å². The summed E-state index contributed by atoms with van der Waals surface area (Å²) in [4.78, 5) is 8.99. The quantitative estimate of drug-likeness (QED) is 0.776. The number of imidazole rings is 1. The minimum atomic E-state index is 0.00206. The van der Waals surface area contributed by atoms with Crippen molar-refractivity contribution in [3.05, 3.63) is 24.2 Å². The third-order valence-electron chi connectivity index (χ3n) is 3.07. The zero-order chi connectivity index (χ0) is 12.5. The number of aromatic nitrogens is 3. The lowest BCUT2D eigenvalue weighted by Gasteiger charge is -2.28. The Bertz CT molecular complexity index is 516. The lowest BCUT2D eigenvalue weighted by atomic mass is 9.98. The Morgan fingerprint density at radius 1 is 1.41 bits per heavy atom. The van der Waals surface area contributed by atoms with E-state index in [1.165, 1.54) is 0 Å². The second-order valence-corrected chi connectivity index (χ2v) is 5.17. The van der Waals surface area contributed by atoms with Gasteiger partial charge in [0.05, 0.1) is 5.88 Å². The molecule has 0 aromatic carbocycles. The molecular formula is C13H18ClN3. The van der Waals surface area contributed by atoms with Gasteiger partial charge in [-0.3, -0.25) is 0 Å². The molecule has 2 rings (SSSR count). The summed E-state index contributed by atoms with van der Waals surface area (Å²) < 4.78 is 2.18. The van der Waals surface area contributed by atoms with Gasteiger partial charge in [0, 0.05) is 11.7 Å². The van der Waals surface area contributed by atoms with Crippen LogP contribution in [0.3, 0.4) is 0 Å². The molecule has 0 unspecified atom stereocenters. The van der Waals surface area contributed by atoms with Gasteiger partial charge < -0.3 is 4.57 Å². The van der Waals surface area contributed by atoms with E-state index in [1.807, 2.05) is 12.1 Å². The molecule has 17 heavy (non-hydrogen) atoms. The number of fused-ring (bicyclic) bond motifs is 1. The van der Waals surface area contributed by atoms with Crippen molar-refractivity contribution >= 4 is 22.8 Å². The highest BCUT2D eigenvalue weighted by molar-refractivity contribution is 6.16. The van der Waals surface area contributed by atoms with E-state index in [4.69, 9.17) is 11.6 Å². The van der Waals surface area contributed by atoms with Gasteiger partial charge in [-0.15, -0.1) is 11.6 Å². The fraction of sp³-hybridized carbons (Fsp3) is 0.538. The summed E-state index contributed by atoms with van der Waals surface area (Å²) in [5.74, 6) is 1.32. The Morgan fingerprint density at radius 3 is 2.82 bits per heavy atom. The first kappa shape index (κ1) is 12.4. The molecule has 0 saturated carbocycles. The Labute approximate surface area is 107 Å². The molecule has 2 heterocycles. The molecule has 0 saturated heterocycles. The van der Waals surface area contributed by atoms with E-state index in [2.05, 4.69) is 35.3 Å². The van der Waals surface area contributed by atoms with Crippen LogP contribution in [-0.2, 0) is 11.4 Å². The van der Waals surface area contributed by atoms with Crippen LogP contribution in [0.15, 0.2) is 18.3 Å². The number of nitrogens with zero attached hydrogens (tertiary/aromatic N) is 3. The van der Waals surface area contributed by atoms with Crippen molar-refractivity contribution in [3.63, 3.8) is 0 Å². The smallest absolute Gasteiger partial charge is 0.160 e. The van der Waals surface area contributed by atoms with E-state index < -0.39 is 0 Å². The molecule has 2 aromatic rings. The average molecular weight is 252 g/mol. The van der Waals surface area contributed by atoms with Crippen LogP contribution in [0, 0.1) is 0 Å². The van der Waals surface area contributed by atoms with Gasteiger partial charge in [-0.25, -0.2) is 9.97 Å². The highest BCUT2D eigenvalue weighted by Gasteiger charge is 2.25. The molecule has 3 nitrogen and oxygen atoms in total. The fourth-order valence-electron chi connectivity index (χ4n) is 2.41. The monoisotopic (exact) mass is 251 g/mol. The van der Waals surface area contributed by atoms with E-state index in [-0.39, 0.29) is 5.54 Å². The summed E-state index contributed by atoms with van der Waals surface area (Å²) >= 11 is 6.00. The predicted octanol–water partition coefficient (Wildman–Crippen LogP) is 3.71. The molecule has 0 amide bonds. The molecule has 0 aliphatic rings. The summed E-state index contributed by atoms with van der Waals surface area (Å²) in [5, 5.41) is 0. The highest BCUT2D eigenvalue weighted by atomic mass is 35.5. The van der Waals surface area contributed by atoms with Crippen LogP contribution in [0.25, 0.3) is 11.2 Å². The number of rotatable bonds is 4. The summed E-state index contributed by atoms with van der Waals surface area (Å²) in [6.07, 6.45) is 4.01. The Balaban J connectivity index is 2.65. The highest BCUT2D eigenvalue weighted by Crippen LogP contribution is 2.28. The second-order valence-electron chi connectivity index (χ2n) is 4.91. The molecular weight excluding hydrogens is 234 g/mol. The predicted molar refractivity (Wildman–Crippen MR) is 71.3 cm³/mol. The SMILES string of the molecule is CCCC(C)(C)n1c(CCl)nc2cccnc21. The lowest BCUT2D eigenvalue weighted by molar-refractivity contribution is 0.324. The number of alkyl halides is 1. The van der Waals surface area contributed by atoms with Crippen molar-refractivity contribution in [1.29, 1.82) is 0 Å². The minimum Gasteiger partial charge on any atom is -0.306 e. The molecule has 0 bridgehead atoms. The summed E-state index contributed by atoms with van der Waals surface area (Å²) in [6, 6.07) is 3.89. The van der Waals surface area contributed by atoms with Crippen LogP contribution in [0.2, 0.25) is 0 Å². The molecule has 92 valence electrons. The Kier molecular flexibility index (Phi) is 3.38. The van der Waals surface area contributed by atoms with Gasteiger partial charge in [0.15, 0.2) is 5.65 Å². The molecule has 0 spiro atoms. The van der Waals surface area contributed by atoms with Crippen LogP contribution in [0.5, 0.6) is 0 Å². The minimum absolute atomic E-state index is 0.00206. The average Bonchev–Trinajstić information content (AvgIpc) is 2.67. The molecule has 4 heteroatoms. The maximum atomic E-state index is 6.00. The molecule has 0 aliphatic heterocycles. The van der Waals surface area contributed by atoms with Crippen molar-refractivity contribution in [2.24, 2.45) is 0 Å². The molecule has 0 atom stereocenters. The van der Waals surface area contributed by atoms with E-state index in [9.17, 15) is 0 Å².